The summed E-state index contributed by atoms with van der Waals surface area (Å²) in [5, 5.41) is 22.9. The van der Waals surface area contributed by atoms with Crippen molar-refractivity contribution in [2.45, 2.75) is 12.0 Å². The van der Waals surface area contributed by atoms with Crippen molar-refractivity contribution in [1.82, 2.24) is 4.98 Å². The van der Waals surface area contributed by atoms with Crippen LogP contribution < -0.4 is 10.1 Å². The molecular weight excluding hydrogens is 270 g/mol. The van der Waals surface area contributed by atoms with Crippen LogP contribution in [0.15, 0.2) is 12.1 Å². The number of methoxy groups -OCH3 is 1. The van der Waals surface area contributed by atoms with Gasteiger partial charge in [0.2, 0.25) is 11.7 Å². The van der Waals surface area contributed by atoms with Gasteiger partial charge in [-0.1, -0.05) is 0 Å². The molecule has 2 heterocycles. The molecule has 1 fully saturated rings. The Kier molecular flexibility index (Phi) is 3.70. The topological polar surface area (TPSA) is 124 Å². The molecule has 0 spiro atoms. The molecule has 1 unspecified atom stereocenters. The Bertz CT molecular complexity index is 541. The maximum Gasteiger partial charge on any atom is 0.331 e. The lowest BCUT2D eigenvalue weighted by atomic mass is 9.99. The number of rotatable bonds is 5. The Morgan fingerprint density at radius 3 is 2.90 bits per heavy atom. The first-order valence-corrected chi connectivity index (χ1v) is 5.77. The minimum absolute atomic E-state index is 0.0849. The second-order valence-electron chi connectivity index (χ2n) is 4.29. The third kappa shape index (κ3) is 2.48. The average Bonchev–Trinajstić information content (AvgIpc) is 2.88. The fourth-order valence-electron chi connectivity index (χ4n) is 1.90. The first kappa shape index (κ1) is 14.0. The number of hydrogen-bond acceptors (Lipinski definition) is 7. The molecule has 2 rings (SSSR count). The molecule has 1 aromatic heterocycles. The summed E-state index contributed by atoms with van der Waals surface area (Å²) in [4.78, 5) is 25.6. The number of hydrogen-bond donors (Lipinski definition) is 2. The van der Waals surface area contributed by atoms with Crippen LogP contribution in [0.4, 0.5) is 11.5 Å². The van der Waals surface area contributed by atoms with Crippen molar-refractivity contribution in [2.75, 3.05) is 25.6 Å². The standard InChI is InChI=1S/C11H13N3O6/c1-19-8-3-2-7(14(17)18)9(12-8)13-11(10(15)16)4-5-20-6-11/h2-3H,4-6H2,1H3,(H,12,13)(H,15,16). The molecule has 1 saturated heterocycles. The third-order valence-corrected chi connectivity index (χ3v) is 3.04. The van der Waals surface area contributed by atoms with E-state index in [4.69, 9.17) is 9.47 Å². The van der Waals surface area contributed by atoms with Gasteiger partial charge in [-0.05, 0) is 0 Å². The van der Waals surface area contributed by atoms with Crippen LogP contribution in [0, 0.1) is 10.1 Å². The summed E-state index contributed by atoms with van der Waals surface area (Å²) in [5.74, 6) is -1.14. The van der Waals surface area contributed by atoms with Crippen molar-refractivity contribution in [2.24, 2.45) is 0 Å². The van der Waals surface area contributed by atoms with E-state index < -0.39 is 16.4 Å². The molecule has 108 valence electrons. The molecule has 9 nitrogen and oxygen atoms in total. The normalized spacial score (nSPS) is 21.4. The Morgan fingerprint density at radius 1 is 1.65 bits per heavy atom. The number of nitrogens with zero attached hydrogens (tertiary/aromatic N) is 2. The van der Waals surface area contributed by atoms with Gasteiger partial charge in [0.25, 0.3) is 0 Å². The number of carboxylic acids is 1. The van der Waals surface area contributed by atoms with Gasteiger partial charge in [-0.15, -0.1) is 0 Å². The fraction of sp³-hybridized carbons (Fsp3) is 0.455. The van der Waals surface area contributed by atoms with E-state index in [2.05, 4.69) is 10.3 Å². The molecule has 0 radical (unpaired) electrons. The maximum atomic E-state index is 11.4. The summed E-state index contributed by atoms with van der Waals surface area (Å²) in [6, 6.07) is 2.54. The lowest BCUT2D eigenvalue weighted by Crippen LogP contribution is -2.47. The van der Waals surface area contributed by atoms with Crippen LogP contribution in [0.2, 0.25) is 0 Å². The monoisotopic (exact) mass is 283 g/mol. The van der Waals surface area contributed by atoms with Crippen molar-refractivity contribution in [1.29, 1.82) is 0 Å². The van der Waals surface area contributed by atoms with E-state index in [1.54, 1.807) is 0 Å². The van der Waals surface area contributed by atoms with Gasteiger partial charge in [-0.2, -0.15) is 4.98 Å². The molecule has 0 saturated carbocycles. The first-order chi connectivity index (χ1) is 9.48. The van der Waals surface area contributed by atoms with Crippen LogP contribution in [-0.2, 0) is 9.53 Å². The highest BCUT2D eigenvalue weighted by molar-refractivity contribution is 5.84. The van der Waals surface area contributed by atoms with Gasteiger partial charge in [0, 0.05) is 25.2 Å². The highest BCUT2D eigenvalue weighted by atomic mass is 16.6. The number of aliphatic carboxylic acids is 1. The molecule has 0 aromatic carbocycles. The van der Waals surface area contributed by atoms with Crippen molar-refractivity contribution in [3.05, 3.63) is 22.2 Å². The fourth-order valence-corrected chi connectivity index (χ4v) is 1.90. The largest absolute Gasteiger partial charge is 0.481 e. The minimum Gasteiger partial charge on any atom is -0.481 e. The van der Waals surface area contributed by atoms with Crippen LogP contribution in [-0.4, -0.2) is 46.8 Å². The zero-order valence-corrected chi connectivity index (χ0v) is 10.7. The Labute approximate surface area is 113 Å². The van der Waals surface area contributed by atoms with Gasteiger partial charge in [0.15, 0.2) is 5.54 Å². The number of aromatic nitrogens is 1. The molecule has 9 heteroatoms. The summed E-state index contributed by atoms with van der Waals surface area (Å²) in [6.07, 6.45) is 0.193. The Balaban J connectivity index is 2.40. The number of nitrogens with one attached hydrogen (secondary N) is 1. The Hall–Kier alpha value is -2.42. The Morgan fingerprint density at radius 2 is 2.40 bits per heavy atom. The molecule has 20 heavy (non-hydrogen) atoms. The van der Waals surface area contributed by atoms with E-state index in [0.717, 1.165) is 0 Å². The molecule has 2 N–H and O–H groups in total. The van der Waals surface area contributed by atoms with E-state index in [1.165, 1.54) is 19.2 Å². The SMILES string of the molecule is COc1ccc([N+](=O)[O-])c(NC2(C(=O)O)CCOC2)n1. The first-order valence-electron chi connectivity index (χ1n) is 5.77. The number of ether oxygens (including phenoxy) is 2. The van der Waals surface area contributed by atoms with Crippen LogP contribution in [0.5, 0.6) is 5.88 Å². The lowest BCUT2D eigenvalue weighted by molar-refractivity contribution is -0.384. The van der Waals surface area contributed by atoms with Crippen LogP contribution in [0.3, 0.4) is 0 Å². The summed E-state index contributed by atoms with van der Waals surface area (Å²) < 4.78 is 9.97. The van der Waals surface area contributed by atoms with Crippen LogP contribution in [0.1, 0.15) is 6.42 Å². The van der Waals surface area contributed by atoms with Gasteiger partial charge in [-0.3, -0.25) is 10.1 Å². The molecular formula is C11H13N3O6. The van der Waals surface area contributed by atoms with Crippen LogP contribution >= 0.6 is 0 Å². The predicted octanol–water partition coefficient (Wildman–Crippen LogP) is 0.654. The highest BCUT2D eigenvalue weighted by Crippen LogP contribution is 2.31. The molecule has 1 aromatic rings. The van der Waals surface area contributed by atoms with Gasteiger partial charge in [0.1, 0.15) is 0 Å². The van der Waals surface area contributed by atoms with E-state index >= 15 is 0 Å². The van der Waals surface area contributed by atoms with Crippen molar-refractivity contribution in [3.8, 4) is 5.88 Å². The summed E-state index contributed by atoms with van der Waals surface area (Å²) in [7, 11) is 1.36. The summed E-state index contributed by atoms with van der Waals surface area (Å²) in [5.41, 5.74) is -1.73. The summed E-state index contributed by atoms with van der Waals surface area (Å²) in [6.45, 7) is 0.176. The summed E-state index contributed by atoms with van der Waals surface area (Å²) >= 11 is 0. The second kappa shape index (κ2) is 5.29. The third-order valence-electron chi connectivity index (χ3n) is 3.04. The highest BCUT2D eigenvalue weighted by Gasteiger charge is 2.44. The van der Waals surface area contributed by atoms with E-state index in [0.29, 0.717) is 0 Å². The van der Waals surface area contributed by atoms with Gasteiger partial charge >= 0.3 is 11.7 Å². The number of pyridine rings is 1. The van der Waals surface area contributed by atoms with Crippen molar-refractivity contribution >= 4 is 17.5 Å². The van der Waals surface area contributed by atoms with E-state index in [-0.39, 0.29) is 37.0 Å². The minimum atomic E-state index is -1.41. The molecule has 1 atom stereocenters. The maximum absolute atomic E-state index is 11.4. The molecule has 1 aliphatic heterocycles. The van der Waals surface area contributed by atoms with Gasteiger partial charge < -0.3 is 19.9 Å². The quantitative estimate of drug-likeness (QED) is 0.596. The van der Waals surface area contributed by atoms with Crippen molar-refractivity contribution < 1.29 is 24.3 Å². The van der Waals surface area contributed by atoms with Crippen molar-refractivity contribution in [3.63, 3.8) is 0 Å². The zero-order chi connectivity index (χ0) is 14.8. The van der Waals surface area contributed by atoms with Crippen LogP contribution in [0.25, 0.3) is 0 Å². The van der Waals surface area contributed by atoms with E-state index in [1.807, 2.05) is 0 Å². The number of carbonyl (C=O) groups is 1. The zero-order valence-electron chi connectivity index (χ0n) is 10.7. The molecule has 0 aliphatic carbocycles. The smallest absolute Gasteiger partial charge is 0.331 e. The van der Waals surface area contributed by atoms with Gasteiger partial charge in [-0.25, -0.2) is 4.79 Å². The predicted molar refractivity (Wildman–Crippen MR) is 66.9 cm³/mol. The number of carboxylic acid groups (broad SMARTS) is 1. The molecule has 0 amide bonds. The second-order valence-corrected chi connectivity index (χ2v) is 4.29. The molecule has 1 aliphatic rings. The lowest BCUT2D eigenvalue weighted by Gasteiger charge is -2.24. The van der Waals surface area contributed by atoms with E-state index in [9.17, 15) is 20.0 Å². The molecule has 0 bridgehead atoms. The average molecular weight is 283 g/mol. The van der Waals surface area contributed by atoms with Gasteiger partial charge in [0.05, 0.1) is 18.6 Å². The number of anilines is 1. The number of nitro groups is 1.